The Kier molecular flexibility index (Phi) is 7.16. The van der Waals surface area contributed by atoms with Crippen molar-refractivity contribution in [3.8, 4) is 10.9 Å². The Balaban J connectivity index is 1.88. The highest BCUT2D eigenvalue weighted by Crippen LogP contribution is 2.27. The molecule has 0 saturated heterocycles. The van der Waals surface area contributed by atoms with Gasteiger partial charge in [0.05, 0.1) is 17.1 Å². The lowest BCUT2D eigenvalue weighted by atomic mass is 10.2. The third kappa shape index (κ3) is 6.33. The van der Waals surface area contributed by atoms with Crippen LogP contribution in [0.15, 0.2) is 35.6 Å². The van der Waals surface area contributed by atoms with Crippen LogP contribution >= 0.6 is 11.3 Å². The average Bonchev–Trinajstić information content (AvgIpc) is 3.40. The first-order chi connectivity index (χ1) is 16.2. The lowest BCUT2D eigenvalue weighted by molar-refractivity contribution is -0.274. The molecular formula is C19H19F3N6O5S2. The molecule has 0 bridgehead atoms. The molecule has 35 heavy (non-hydrogen) atoms. The van der Waals surface area contributed by atoms with Gasteiger partial charge in [0.25, 0.3) is 11.8 Å². The number of nitrogens with zero attached hydrogens (tertiary/aromatic N) is 5. The van der Waals surface area contributed by atoms with Crippen LogP contribution in [0.2, 0.25) is 0 Å². The second kappa shape index (κ2) is 9.61. The van der Waals surface area contributed by atoms with Crippen LogP contribution in [0.1, 0.15) is 38.8 Å². The number of ether oxygens (including phenoxy) is 1. The second-order valence-corrected chi connectivity index (χ2v) is 10.5. The number of carbonyl (C=O) groups is 2. The van der Waals surface area contributed by atoms with Gasteiger partial charge >= 0.3 is 6.36 Å². The first-order valence-corrected chi connectivity index (χ1v) is 12.4. The minimum Gasteiger partial charge on any atom is -0.406 e. The maximum atomic E-state index is 12.8. The van der Waals surface area contributed by atoms with Crippen LogP contribution in [0, 0.1) is 0 Å². The molecule has 2 heterocycles. The van der Waals surface area contributed by atoms with Crippen molar-refractivity contribution < 1.29 is 35.9 Å². The van der Waals surface area contributed by atoms with Gasteiger partial charge in [-0.05, 0) is 25.1 Å². The van der Waals surface area contributed by atoms with Gasteiger partial charge in [-0.15, -0.1) is 13.2 Å². The Morgan fingerprint density at radius 1 is 1.20 bits per heavy atom. The molecule has 0 saturated carbocycles. The summed E-state index contributed by atoms with van der Waals surface area (Å²) in [5.41, 5.74) is -0.377. The zero-order chi connectivity index (χ0) is 26.1. The number of halogens is 3. The van der Waals surface area contributed by atoms with Crippen molar-refractivity contribution in [3.63, 3.8) is 0 Å². The minimum atomic E-state index is -5.09. The van der Waals surface area contributed by atoms with Crippen molar-refractivity contribution in [1.82, 2.24) is 30.0 Å². The molecule has 11 nitrogen and oxygen atoms in total. The molecular weight excluding hydrogens is 513 g/mol. The summed E-state index contributed by atoms with van der Waals surface area (Å²) < 4.78 is 67.0. The molecule has 2 amide bonds. The van der Waals surface area contributed by atoms with Gasteiger partial charge < -0.3 is 15.0 Å². The summed E-state index contributed by atoms with van der Waals surface area (Å²) in [6.45, 7) is 1.53. The Morgan fingerprint density at radius 2 is 1.89 bits per heavy atom. The van der Waals surface area contributed by atoms with E-state index in [1.807, 2.05) is 0 Å². The summed E-state index contributed by atoms with van der Waals surface area (Å²) in [7, 11) is -0.779. The molecule has 3 rings (SSSR count). The van der Waals surface area contributed by atoms with Crippen molar-refractivity contribution in [2.75, 3.05) is 20.4 Å². The van der Waals surface area contributed by atoms with Crippen LogP contribution in [-0.4, -0.2) is 71.6 Å². The van der Waals surface area contributed by atoms with Gasteiger partial charge in [-0.1, -0.05) is 11.3 Å². The predicted octanol–water partition coefficient (Wildman–Crippen LogP) is 2.22. The lowest BCUT2D eigenvalue weighted by Crippen LogP contribution is -2.29. The Bertz CT molecular complexity index is 1370. The van der Waals surface area contributed by atoms with Gasteiger partial charge in [0.1, 0.15) is 17.0 Å². The van der Waals surface area contributed by atoms with Gasteiger partial charge in [0.15, 0.2) is 15.7 Å². The normalized spacial score (nSPS) is 12.8. The van der Waals surface area contributed by atoms with Crippen LogP contribution in [0.25, 0.3) is 5.13 Å². The molecule has 0 aliphatic rings. The summed E-state index contributed by atoms with van der Waals surface area (Å²) in [4.78, 5) is 34.4. The van der Waals surface area contributed by atoms with E-state index >= 15 is 0 Å². The monoisotopic (exact) mass is 532 g/mol. The van der Waals surface area contributed by atoms with Crippen LogP contribution in [0.4, 0.5) is 13.2 Å². The van der Waals surface area contributed by atoms with Crippen LogP contribution in [0.5, 0.6) is 5.75 Å². The molecule has 1 atom stereocenters. The number of thiazole rings is 1. The minimum absolute atomic E-state index is 0.211. The van der Waals surface area contributed by atoms with Crippen LogP contribution in [0.3, 0.4) is 0 Å². The maximum Gasteiger partial charge on any atom is 0.573 e. The third-order valence-electron chi connectivity index (χ3n) is 4.40. The van der Waals surface area contributed by atoms with E-state index in [1.54, 1.807) is 14.1 Å². The molecule has 0 radical (unpaired) electrons. The molecule has 0 spiro atoms. The molecule has 2 aromatic heterocycles. The first-order valence-electron chi connectivity index (χ1n) is 9.65. The predicted molar refractivity (Wildman–Crippen MR) is 117 cm³/mol. The van der Waals surface area contributed by atoms with Gasteiger partial charge in [0, 0.05) is 25.9 Å². The number of hydrogen-bond donors (Lipinski definition) is 1. The van der Waals surface area contributed by atoms with E-state index in [9.17, 15) is 31.2 Å². The molecule has 3 aromatic rings. The van der Waals surface area contributed by atoms with Gasteiger partial charge in [0.2, 0.25) is 5.13 Å². The van der Waals surface area contributed by atoms with E-state index in [0.717, 1.165) is 29.7 Å². The number of hydrogen-bond acceptors (Lipinski definition) is 9. The van der Waals surface area contributed by atoms with Gasteiger partial charge in [-0.3, -0.25) is 9.59 Å². The van der Waals surface area contributed by atoms with E-state index in [-0.39, 0.29) is 17.3 Å². The number of rotatable bonds is 7. The number of alkyl halides is 3. The quantitative estimate of drug-likeness (QED) is 0.489. The van der Waals surface area contributed by atoms with E-state index < -0.39 is 38.8 Å². The topological polar surface area (TPSA) is 136 Å². The van der Waals surface area contributed by atoms with Crippen molar-refractivity contribution >= 4 is 33.0 Å². The summed E-state index contributed by atoms with van der Waals surface area (Å²) in [6.07, 6.45) is -1.73. The van der Waals surface area contributed by atoms with Crippen LogP contribution < -0.4 is 10.1 Å². The zero-order valence-corrected chi connectivity index (χ0v) is 20.3. The molecule has 1 N–H and O–H groups in total. The van der Waals surface area contributed by atoms with Gasteiger partial charge in [-0.2, -0.15) is 9.78 Å². The van der Waals surface area contributed by atoms with Crippen molar-refractivity contribution in [2.45, 2.75) is 24.2 Å². The van der Waals surface area contributed by atoms with Gasteiger partial charge in [-0.25, -0.2) is 18.4 Å². The largest absolute Gasteiger partial charge is 0.573 e. The second-order valence-electron chi connectivity index (χ2n) is 7.44. The molecule has 1 aromatic carbocycles. The fourth-order valence-corrected chi connectivity index (χ4v) is 4.40. The van der Waals surface area contributed by atoms with E-state index in [0.29, 0.717) is 16.1 Å². The number of amides is 2. The van der Waals surface area contributed by atoms with Crippen molar-refractivity contribution in [2.24, 2.45) is 0 Å². The highest BCUT2D eigenvalue weighted by molar-refractivity contribution is 7.90. The number of sulfone groups is 1. The Labute approximate surface area is 201 Å². The maximum absolute atomic E-state index is 12.8. The SMILES string of the molecule is C[C@H](NC(=O)c1cc(OC(F)(F)F)cc(S(C)(=O)=O)c1)c1ncnn1-c1ncc(C(=O)N(C)C)s1. The molecule has 188 valence electrons. The first kappa shape index (κ1) is 26.1. The lowest BCUT2D eigenvalue weighted by Gasteiger charge is -2.15. The fraction of sp³-hybridized carbons (Fsp3) is 0.316. The molecule has 0 aliphatic heterocycles. The Hall–Kier alpha value is -3.53. The smallest absolute Gasteiger partial charge is 0.406 e. The van der Waals surface area contributed by atoms with E-state index in [4.69, 9.17) is 0 Å². The molecule has 0 fully saturated rings. The van der Waals surface area contributed by atoms with Crippen molar-refractivity contribution in [1.29, 1.82) is 0 Å². The number of nitrogens with one attached hydrogen (secondary N) is 1. The van der Waals surface area contributed by atoms with Crippen molar-refractivity contribution in [3.05, 3.63) is 47.0 Å². The third-order valence-corrected chi connectivity index (χ3v) is 6.46. The summed E-state index contributed by atoms with van der Waals surface area (Å²) in [5, 5.41) is 6.89. The van der Waals surface area contributed by atoms with E-state index in [1.165, 1.54) is 29.0 Å². The standard InChI is InChI=1S/C19H19F3N6O5S2/c1-10(15-24-9-25-28(15)18-23-8-14(34-18)17(30)27(2)3)26-16(29)11-5-12(33-19(20,21)22)7-13(6-11)35(4,31)32/h5-10H,1-4H3,(H,26,29)/t10-/m0/s1. The fourth-order valence-electron chi connectivity index (χ4n) is 2.83. The Morgan fingerprint density at radius 3 is 2.49 bits per heavy atom. The average molecular weight is 533 g/mol. The molecule has 0 unspecified atom stereocenters. The number of carbonyl (C=O) groups excluding carboxylic acids is 2. The highest BCUT2D eigenvalue weighted by Gasteiger charge is 2.32. The zero-order valence-electron chi connectivity index (χ0n) is 18.7. The van der Waals surface area contributed by atoms with E-state index in [2.05, 4.69) is 25.1 Å². The molecule has 16 heteroatoms. The van der Waals surface area contributed by atoms with Crippen LogP contribution in [-0.2, 0) is 9.84 Å². The highest BCUT2D eigenvalue weighted by atomic mass is 32.2. The molecule has 0 aliphatic carbocycles. The summed E-state index contributed by atoms with van der Waals surface area (Å²) in [5.74, 6) is -1.79. The summed E-state index contributed by atoms with van der Waals surface area (Å²) >= 11 is 1.04. The number of aromatic nitrogens is 4. The summed E-state index contributed by atoms with van der Waals surface area (Å²) in [6, 6.07) is 1.55. The number of benzene rings is 1.